The van der Waals surface area contributed by atoms with E-state index in [0.717, 1.165) is 40.6 Å². The zero-order valence-electron chi connectivity index (χ0n) is 17.2. The lowest BCUT2D eigenvalue weighted by atomic mass is 9.33. The molecule has 1 aromatic heterocycles. The van der Waals surface area contributed by atoms with Crippen molar-refractivity contribution in [1.29, 1.82) is 0 Å². The van der Waals surface area contributed by atoms with Crippen LogP contribution in [-0.4, -0.2) is 22.0 Å². The smallest absolute Gasteiger partial charge is 0.173 e. The van der Waals surface area contributed by atoms with Crippen molar-refractivity contribution in [3.05, 3.63) is 69.1 Å². The Bertz CT molecular complexity index is 1200. The molecule has 0 spiro atoms. The Morgan fingerprint density at radius 3 is 2.59 bits per heavy atom. The van der Waals surface area contributed by atoms with Crippen molar-refractivity contribution in [3.8, 4) is 16.3 Å². The number of rotatable bonds is 5. The molecule has 1 N–H and O–H groups in total. The SMILES string of the molecule is O=C(CC12CC(c3csc(-c4ccc(Cl)cc4)n3)(C1)C2)[C@H]1C[C@@H](O)c2cc(Cl)ccc2O1. The maximum absolute atomic E-state index is 13.0. The van der Waals surface area contributed by atoms with Crippen molar-refractivity contribution >= 4 is 40.3 Å². The average Bonchev–Trinajstić information content (AvgIpc) is 3.20. The minimum atomic E-state index is -0.730. The van der Waals surface area contributed by atoms with Gasteiger partial charge in [0.05, 0.1) is 11.8 Å². The Morgan fingerprint density at radius 1 is 1.12 bits per heavy atom. The van der Waals surface area contributed by atoms with Crippen LogP contribution in [0.15, 0.2) is 47.8 Å². The molecule has 7 heteroatoms. The summed E-state index contributed by atoms with van der Waals surface area (Å²) < 4.78 is 5.93. The molecule has 3 saturated carbocycles. The first-order valence-electron chi connectivity index (χ1n) is 10.7. The highest BCUT2D eigenvalue weighted by Gasteiger charge is 2.69. The molecule has 3 fully saturated rings. The minimum absolute atomic E-state index is 0.0652. The average molecular weight is 486 g/mol. The van der Waals surface area contributed by atoms with Gasteiger partial charge in [0.1, 0.15) is 10.8 Å². The van der Waals surface area contributed by atoms with Gasteiger partial charge in [0, 0.05) is 44.8 Å². The Labute approximate surface area is 200 Å². The van der Waals surface area contributed by atoms with E-state index in [1.54, 1.807) is 29.5 Å². The second-order valence-corrected chi connectivity index (χ2v) is 11.3. The van der Waals surface area contributed by atoms with Gasteiger partial charge in [-0.15, -0.1) is 11.3 Å². The third-order valence-corrected chi connectivity index (χ3v) is 8.60. The van der Waals surface area contributed by atoms with Gasteiger partial charge in [-0.2, -0.15) is 0 Å². The number of nitrogens with zero attached hydrogens (tertiary/aromatic N) is 1. The predicted octanol–water partition coefficient (Wildman–Crippen LogP) is 6.38. The lowest BCUT2D eigenvalue weighted by Crippen LogP contribution is -2.65. The number of aliphatic hydroxyl groups is 1. The van der Waals surface area contributed by atoms with E-state index in [-0.39, 0.29) is 23.0 Å². The maximum atomic E-state index is 13.0. The third-order valence-electron chi connectivity index (χ3n) is 7.22. The number of Topliss-reactive ketones (excluding diaryl/α,β-unsaturated/α-hetero) is 1. The molecule has 164 valence electrons. The number of carbonyl (C=O) groups excluding carboxylic acids is 1. The summed E-state index contributed by atoms with van der Waals surface area (Å²) in [6.45, 7) is 0. The largest absolute Gasteiger partial charge is 0.482 e. The number of hydrogen-bond acceptors (Lipinski definition) is 5. The Balaban J connectivity index is 1.10. The number of fused-ring (bicyclic) bond motifs is 1. The number of ketones is 1. The van der Waals surface area contributed by atoms with Gasteiger partial charge >= 0.3 is 0 Å². The topological polar surface area (TPSA) is 59.4 Å². The van der Waals surface area contributed by atoms with Crippen molar-refractivity contribution < 1.29 is 14.6 Å². The summed E-state index contributed by atoms with van der Waals surface area (Å²) in [5.74, 6) is 0.635. The molecule has 4 aliphatic rings. The molecule has 0 radical (unpaired) electrons. The van der Waals surface area contributed by atoms with E-state index >= 15 is 0 Å². The first kappa shape index (κ1) is 20.7. The number of halogens is 2. The second kappa shape index (κ2) is 7.29. The molecule has 0 amide bonds. The maximum Gasteiger partial charge on any atom is 0.173 e. The second-order valence-electron chi connectivity index (χ2n) is 9.54. The number of thiazole rings is 1. The lowest BCUT2D eigenvalue weighted by Gasteiger charge is -2.70. The first-order valence-corrected chi connectivity index (χ1v) is 12.4. The zero-order valence-corrected chi connectivity index (χ0v) is 19.5. The van der Waals surface area contributed by atoms with Crippen LogP contribution >= 0.6 is 34.5 Å². The van der Waals surface area contributed by atoms with E-state index < -0.39 is 12.2 Å². The summed E-state index contributed by atoms with van der Waals surface area (Å²) >= 11 is 13.7. The van der Waals surface area contributed by atoms with Crippen molar-refractivity contribution in [3.63, 3.8) is 0 Å². The molecular formula is C25H21Cl2NO3S. The van der Waals surface area contributed by atoms with E-state index in [0.29, 0.717) is 22.8 Å². The van der Waals surface area contributed by atoms with Gasteiger partial charge in [-0.3, -0.25) is 4.79 Å². The predicted molar refractivity (Wildman–Crippen MR) is 126 cm³/mol. The van der Waals surface area contributed by atoms with E-state index in [9.17, 15) is 9.90 Å². The van der Waals surface area contributed by atoms with Crippen LogP contribution in [0.1, 0.15) is 49.5 Å². The van der Waals surface area contributed by atoms with E-state index in [1.165, 1.54) is 0 Å². The molecule has 1 aliphatic heterocycles. The van der Waals surface area contributed by atoms with Crippen LogP contribution in [0.25, 0.3) is 10.6 Å². The molecule has 3 aliphatic carbocycles. The van der Waals surface area contributed by atoms with Gasteiger partial charge in [-0.05, 0) is 55.0 Å². The number of benzene rings is 2. The van der Waals surface area contributed by atoms with Gasteiger partial charge in [-0.1, -0.05) is 35.3 Å². The van der Waals surface area contributed by atoms with Crippen LogP contribution in [-0.2, 0) is 10.2 Å². The van der Waals surface area contributed by atoms with Gasteiger partial charge in [-0.25, -0.2) is 4.98 Å². The number of hydrogen-bond donors (Lipinski definition) is 1. The first-order chi connectivity index (χ1) is 15.3. The quantitative estimate of drug-likeness (QED) is 0.455. The van der Waals surface area contributed by atoms with Crippen molar-refractivity contribution in [2.75, 3.05) is 0 Å². The summed E-state index contributed by atoms with van der Waals surface area (Å²) in [5, 5.41) is 14.9. The van der Waals surface area contributed by atoms with E-state index in [1.807, 2.05) is 24.3 Å². The molecule has 4 nitrogen and oxygen atoms in total. The Kier molecular flexibility index (Phi) is 4.71. The normalized spacial score (nSPS) is 30.0. The van der Waals surface area contributed by atoms with Crippen LogP contribution in [0.5, 0.6) is 5.75 Å². The van der Waals surface area contributed by atoms with E-state index in [4.69, 9.17) is 32.9 Å². The molecule has 2 bridgehead atoms. The molecular weight excluding hydrogens is 465 g/mol. The number of ether oxygens (including phenoxy) is 1. The fourth-order valence-corrected chi connectivity index (χ4v) is 7.05. The zero-order chi connectivity index (χ0) is 22.1. The standard InChI is InChI=1S/C25H21Cl2NO3S/c26-15-3-1-14(2-4-15)23-28-22(10-32-23)25-11-24(12-25,13-25)9-19(30)21-8-18(29)17-7-16(27)5-6-20(17)31-21/h1-7,10,18,21,29H,8-9,11-13H2/t18-,21-,24?,25?/m1/s1. The monoisotopic (exact) mass is 485 g/mol. The van der Waals surface area contributed by atoms with Crippen molar-refractivity contribution in [1.82, 2.24) is 4.98 Å². The summed E-state index contributed by atoms with van der Waals surface area (Å²) in [4.78, 5) is 17.9. The van der Waals surface area contributed by atoms with Gasteiger partial charge in [0.25, 0.3) is 0 Å². The molecule has 0 saturated heterocycles. The van der Waals surface area contributed by atoms with Gasteiger partial charge in [0.2, 0.25) is 0 Å². The highest BCUT2D eigenvalue weighted by atomic mass is 35.5. The van der Waals surface area contributed by atoms with Crippen LogP contribution in [0.3, 0.4) is 0 Å². The highest BCUT2D eigenvalue weighted by Crippen LogP contribution is 2.75. The molecule has 2 heterocycles. The van der Waals surface area contributed by atoms with E-state index in [2.05, 4.69) is 5.38 Å². The Hall–Kier alpha value is -1.92. The highest BCUT2D eigenvalue weighted by molar-refractivity contribution is 7.13. The number of aliphatic hydroxyl groups excluding tert-OH is 1. The lowest BCUT2D eigenvalue weighted by molar-refractivity contribution is -0.164. The summed E-state index contributed by atoms with van der Waals surface area (Å²) in [5.41, 5.74) is 3.08. The Morgan fingerprint density at radius 2 is 1.84 bits per heavy atom. The summed E-state index contributed by atoms with van der Waals surface area (Å²) in [7, 11) is 0. The van der Waals surface area contributed by atoms with Gasteiger partial charge < -0.3 is 9.84 Å². The van der Waals surface area contributed by atoms with Crippen LogP contribution in [0.4, 0.5) is 0 Å². The van der Waals surface area contributed by atoms with Crippen molar-refractivity contribution in [2.45, 2.75) is 49.7 Å². The molecule has 32 heavy (non-hydrogen) atoms. The fraction of sp³-hybridized carbons (Fsp3) is 0.360. The van der Waals surface area contributed by atoms with Crippen LogP contribution < -0.4 is 4.74 Å². The molecule has 7 rings (SSSR count). The summed E-state index contributed by atoms with van der Waals surface area (Å²) in [6, 6.07) is 12.9. The minimum Gasteiger partial charge on any atom is -0.482 e. The summed E-state index contributed by atoms with van der Waals surface area (Å²) in [6.07, 6.45) is 2.45. The molecule has 3 aromatic rings. The number of carbonyl (C=O) groups is 1. The number of aromatic nitrogens is 1. The van der Waals surface area contributed by atoms with Crippen LogP contribution in [0, 0.1) is 5.41 Å². The van der Waals surface area contributed by atoms with Crippen molar-refractivity contribution in [2.24, 2.45) is 5.41 Å². The fourth-order valence-electron chi connectivity index (χ4n) is 5.80. The van der Waals surface area contributed by atoms with Gasteiger partial charge in [0.15, 0.2) is 11.9 Å². The third kappa shape index (κ3) is 3.29. The molecule has 0 unspecified atom stereocenters. The molecule has 2 aromatic carbocycles. The van der Waals surface area contributed by atoms with Crippen LogP contribution in [0.2, 0.25) is 10.0 Å². The molecule has 2 atom stereocenters.